The van der Waals surface area contributed by atoms with Crippen LogP contribution in [0.5, 0.6) is 0 Å². The molecule has 4 heteroatoms. The van der Waals surface area contributed by atoms with E-state index in [0.29, 0.717) is 18.6 Å². The maximum Gasteiger partial charge on any atom is 0.0645 e. The van der Waals surface area contributed by atoms with Gasteiger partial charge in [-0.3, -0.25) is 4.90 Å². The van der Waals surface area contributed by atoms with Gasteiger partial charge in [0.15, 0.2) is 0 Å². The van der Waals surface area contributed by atoms with Crippen molar-refractivity contribution >= 4 is 0 Å². The van der Waals surface area contributed by atoms with Crippen molar-refractivity contribution in [3.63, 3.8) is 0 Å². The molecule has 1 aromatic heterocycles. The molecule has 0 spiro atoms. The van der Waals surface area contributed by atoms with E-state index in [1.165, 1.54) is 18.4 Å². The van der Waals surface area contributed by atoms with Crippen LogP contribution in [-0.2, 0) is 6.54 Å². The minimum absolute atomic E-state index is 0.348. The fourth-order valence-corrected chi connectivity index (χ4v) is 3.35. The first-order valence-corrected chi connectivity index (χ1v) is 8.16. The van der Waals surface area contributed by atoms with Gasteiger partial charge in [-0.1, -0.05) is 18.2 Å². The van der Waals surface area contributed by atoms with E-state index in [9.17, 15) is 5.11 Å². The molecule has 1 aliphatic rings. The maximum absolute atomic E-state index is 9.24. The van der Waals surface area contributed by atoms with Gasteiger partial charge in [-0.05, 0) is 50.8 Å². The van der Waals surface area contributed by atoms with E-state index in [1.807, 2.05) is 29.1 Å². The number of aromatic nitrogens is 2. The third-order valence-corrected chi connectivity index (χ3v) is 4.79. The van der Waals surface area contributed by atoms with Crippen LogP contribution in [-0.4, -0.2) is 39.5 Å². The molecule has 1 saturated carbocycles. The van der Waals surface area contributed by atoms with Crippen LogP contribution in [0.25, 0.3) is 5.69 Å². The Morgan fingerprint density at radius 2 is 1.91 bits per heavy atom. The van der Waals surface area contributed by atoms with Gasteiger partial charge < -0.3 is 5.11 Å². The van der Waals surface area contributed by atoms with Crippen LogP contribution in [0, 0.1) is 5.92 Å². The third kappa shape index (κ3) is 3.57. The summed E-state index contributed by atoms with van der Waals surface area (Å²) in [6, 6.07) is 10.8. The zero-order valence-electron chi connectivity index (χ0n) is 13.2. The molecule has 0 amide bonds. The first-order valence-electron chi connectivity index (χ1n) is 8.16. The lowest BCUT2D eigenvalue weighted by molar-refractivity contribution is 0.124. The number of aliphatic hydroxyl groups is 1. The van der Waals surface area contributed by atoms with E-state index in [4.69, 9.17) is 0 Å². The molecule has 1 fully saturated rings. The van der Waals surface area contributed by atoms with Gasteiger partial charge in [-0.25, -0.2) is 4.68 Å². The predicted molar refractivity (Wildman–Crippen MR) is 87.9 cm³/mol. The summed E-state index contributed by atoms with van der Waals surface area (Å²) in [5.74, 6) is 0.519. The molecule has 1 aromatic carbocycles. The Morgan fingerprint density at radius 1 is 1.18 bits per heavy atom. The normalized spacial score (nSPS) is 22.1. The van der Waals surface area contributed by atoms with E-state index in [-0.39, 0.29) is 0 Å². The first-order chi connectivity index (χ1) is 10.8. The molecule has 1 heterocycles. The fraction of sp³-hybridized carbons (Fsp3) is 0.500. The molecule has 1 aliphatic carbocycles. The lowest BCUT2D eigenvalue weighted by Crippen LogP contribution is -2.35. The molecule has 22 heavy (non-hydrogen) atoms. The summed E-state index contributed by atoms with van der Waals surface area (Å²) in [4.78, 5) is 2.43. The molecule has 0 bridgehead atoms. The SMILES string of the molecule is CN(Cc1cnn(-c2ccccc2)c1)C1CCC(CO)CC1. The quantitative estimate of drug-likeness (QED) is 0.923. The molecule has 0 unspecified atom stereocenters. The molecule has 0 aliphatic heterocycles. The molecular formula is C18H25N3O. The highest BCUT2D eigenvalue weighted by Crippen LogP contribution is 2.27. The van der Waals surface area contributed by atoms with Crippen molar-refractivity contribution in [2.24, 2.45) is 5.92 Å². The average Bonchev–Trinajstić information content (AvgIpc) is 3.04. The van der Waals surface area contributed by atoms with Crippen LogP contribution in [0.4, 0.5) is 0 Å². The molecule has 118 valence electrons. The van der Waals surface area contributed by atoms with Gasteiger partial charge in [0.25, 0.3) is 0 Å². The van der Waals surface area contributed by atoms with E-state index in [0.717, 1.165) is 25.1 Å². The summed E-state index contributed by atoms with van der Waals surface area (Å²) in [7, 11) is 2.20. The Bertz CT molecular complexity index is 573. The van der Waals surface area contributed by atoms with Crippen LogP contribution in [0.3, 0.4) is 0 Å². The van der Waals surface area contributed by atoms with Crippen LogP contribution >= 0.6 is 0 Å². The van der Waals surface area contributed by atoms with Crippen LogP contribution < -0.4 is 0 Å². The van der Waals surface area contributed by atoms with Crippen molar-refractivity contribution in [3.8, 4) is 5.69 Å². The summed E-state index contributed by atoms with van der Waals surface area (Å²) in [6.07, 6.45) is 8.75. The van der Waals surface area contributed by atoms with Crippen LogP contribution in [0.1, 0.15) is 31.2 Å². The third-order valence-electron chi connectivity index (χ3n) is 4.79. The van der Waals surface area contributed by atoms with Gasteiger partial charge >= 0.3 is 0 Å². The Labute approximate surface area is 132 Å². The average molecular weight is 299 g/mol. The monoisotopic (exact) mass is 299 g/mol. The van der Waals surface area contributed by atoms with Crippen LogP contribution in [0.2, 0.25) is 0 Å². The zero-order valence-corrected chi connectivity index (χ0v) is 13.2. The number of nitrogens with zero attached hydrogens (tertiary/aromatic N) is 3. The number of hydrogen-bond donors (Lipinski definition) is 1. The largest absolute Gasteiger partial charge is 0.396 e. The predicted octanol–water partition coefficient (Wildman–Crippen LogP) is 2.86. The van der Waals surface area contributed by atoms with Crippen LogP contribution in [0.15, 0.2) is 42.7 Å². The molecular weight excluding hydrogens is 274 g/mol. The topological polar surface area (TPSA) is 41.3 Å². The van der Waals surface area contributed by atoms with Gasteiger partial charge in [0.05, 0.1) is 11.9 Å². The minimum atomic E-state index is 0.348. The lowest BCUT2D eigenvalue weighted by Gasteiger charge is -2.33. The van der Waals surface area contributed by atoms with E-state index < -0.39 is 0 Å². The lowest BCUT2D eigenvalue weighted by atomic mass is 9.86. The molecule has 3 rings (SSSR count). The molecule has 2 aromatic rings. The summed E-state index contributed by atoms with van der Waals surface area (Å²) >= 11 is 0. The van der Waals surface area contributed by atoms with Crippen molar-refractivity contribution in [1.29, 1.82) is 0 Å². The number of benzene rings is 1. The summed E-state index contributed by atoms with van der Waals surface area (Å²) < 4.78 is 1.94. The van der Waals surface area contributed by atoms with Crippen molar-refractivity contribution in [2.45, 2.75) is 38.3 Å². The molecule has 0 saturated heterocycles. The summed E-state index contributed by atoms with van der Waals surface area (Å²) in [5.41, 5.74) is 2.34. The fourth-order valence-electron chi connectivity index (χ4n) is 3.35. The number of hydrogen-bond acceptors (Lipinski definition) is 3. The molecule has 1 N–H and O–H groups in total. The Hall–Kier alpha value is -1.65. The Kier molecular flexibility index (Phi) is 4.90. The van der Waals surface area contributed by atoms with Crippen molar-refractivity contribution in [1.82, 2.24) is 14.7 Å². The Morgan fingerprint density at radius 3 is 2.59 bits per heavy atom. The van der Waals surface area contributed by atoms with Gasteiger partial charge in [-0.15, -0.1) is 0 Å². The highest BCUT2D eigenvalue weighted by Gasteiger charge is 2.23. The van der Waals surface area contributed by atoms with Crippen molar-refractivity contribution in [3.05, 3.63) is 48.3 Å². The second-order valence-electron chi connectivity index (χ2n) is 6.40. The molecule has 0 radical (unpaired) electrons. The second-order valence-corrected chi connectivity index (χ2v) is 6.40. The highest BCUT2D eigenvalue weighted by molar-refractivity contribution is 5.30. The molecule has 4 nitrogen and oxygen atoms in total. The highest BCUT2D eigenvalue weighted by atomic mass is 16.3. The number of aliphatic hydroxyl groups excluding tert-OH is 1. The number of para-hydroxylation sites is 1. The zero-order chi connectivity index (χ0) is 15.4. The maximum atomic E-state index is 9.24. The Balaban J connectivity index is 1.58. The van der Waals surface area contributed by atoms with Gasteiger partial charge in [0.1, 0.15) is 0 Å². The standard InChI is InChI=1S/C18H25N3O/c1-20(17-9-7-15(14-22)8-10-17)12-16-11-19-21(13-16)18-5-3-2-4-6-18/h2-6,11,13,15,17,22H,7-10,12,14H2,1H3. The van der Waals surface area contributed by atoms with Crippen molar-refractivity contribution in [2.75, 3.05) is 13.7 Å². The first kappa shape index (κ1) is 15.3. The van der Waals surface area contributed by atoms with E-state index in [1.54, 1.807) is 0 Å². The minimum Gasteiger partial charge on any atom is -0.396 e. The van der Waals surface area contributed by atoms with Gasteiger partial charge in [-0.2, -0.15) is 5.10 Å². The van der Waals surface area contributed by atoms with Gasteiger partial charge in [0.2, 0.25) is 0 Å². The molecule has 0 atom stereocenters. The smallest absolute Gasteiger partial charge is 0.0645 e. The van der Waals surface area contributed by atoms with E-state index in [2.05, 4.69) is 35.4 Å². The second kappa shape index (κ2) is 7.07. The van der Waals surface area contributed by atoms with Gasteiger partial charge in [0, 0.05) is 31.0 Å². The number of rotatable bonds is 5. The van der Waals surface area contributed by atoms with Crippen molar-refractivity contribution < 1.29 is 5.11 Å². The summed E-state index contributed by atoms with van der Waals surface area (Å²) in [5, 5.41) is 13.7. The summed E-state index contributed by atoms with van der Waals surface area (Å²) in [6.45, 7) is 1.28. The van der Waals surface area contributed by atoms with E-state index >= 15 is 0 Å².